The van der Waals surface area contributed by atoms with Crippen LogP contribution in [0.4, 0.5) is 0 Å². The summed E-state index contributed by atoms with van der Waals surface area (Å²) in [6.45, 7) is 9.42. The fourth-order valence-electron chi connectivity index (χ4n) is 2.61. The Morgan fingerprint density at radius 2 is 1.50 bits per heavy atom. The van der Waals surface area contributed by atoms with Gasteiger partial charge in [0.1, 0.15) is 6.33 Å². The van der Waals surface area contributed by atoms with Gasteiger partial charge in [0.2, 0.25) is 0 Å². The van der Waals surface area contributed by atoms with Crippen molar-refractivity contribution in [3.05, 3.63) is 23.3 Å². The molecule has 2 fully saturated rings. The van der Waals surface area contributed by atoms with Gasteiger partial charge in [-0.3, -0.25) is 0 Å². The van der Waals surface area contributed by atoms with E-state index < -0.39 is 11.2 Å². The van der Waals surface area contributed by atoms with Crippen LogP contribution in [0.2, 0.25) is 0 Å². The first kappa shape index (κ1) is 19.3. The molecule has 0 bridgehead atoms. The monoisotopic (exact) mass is 334 g/mol. The summed E-state index contributed by atoms with van der Waals surface area (Å²) in [5.41, 5.74) is 3.03. The molecule has 1 aromatic rings. The first-order valence-corrected chi connectivity index (χ1v) is 9.32. The fourth-order valence-corrected chi connectivity index (χ4v) is 2.61. The molecule has 1 aromatic heterocycles. The first-order valence-electron chi connectivity index (χ1n) is 9.32. The van der Waals surface area contributed by atoms with Crippen LogP contribution in [0.5, 0.6) is 0 Å². The van der Waals surface area contributed by atoms with Crippen molar-refractivity contribution in [3.63, 3.8) is 0 Å². The quantitative estimate of drug-likeness (QED) is 0.839. The first-order chi connectivity index (χ1) is 11.2. The predicted octanol–water partition coefficient (Wildman–Crippen LogP) is 4.37. The Balaban J connectivity index is 0.000000202. The van der Waals surface area contributed by atoms with Gasteiger partial charge in [-0.05, 0) is 65.4 Å². The van der Waals surface area contributed by atoms with Crippen molar-refractivity contribution in [1.82, 2.24) is 9.97 Å². The third-order valence-electron chi connectivity index (χ3n) is 5.42. The van der Waals surface area contributed by atoms with Crippen molar-refractivity contribution in [1.29, 1.82) is 0 Å². The second-order valence-electron chi connectivity index (χ2n) is 8.19. The lowest BCUT2D eigenvalue weighted by Gasteiger charge is -2.35. The summed E-state index contributed by atoms with van der Waals surface area (Å²) in [5, 5.41) is 9.42. The van der Waals surface area contributed by atoms with E-state index in [1.54, 1.807) is 27.3 Å². The molecule has 4 nitrogen and oxygen atoms in total. The van der Waals surface area contributed by atoms with E-state index in [1.807, 2.05) is 13.8 Å². The Labute approximate surface area is 147 Å². The topological polar surface area (TPSA) is 55.2 Å². The molecule has 0 atom stereocenters. The lowest BCUT2D eigenvalue weighted by atomic mass is 9.90. The average Bonchev–Trinajstić information content (AvgIpc) is 3.39. The van der Waals surface area contributed by atoms with E-state index >= 15 is 0 Å². The second-order valence-corrected chi connectivity index (χ2v) is 8.19. The lowest BCUT2D eigenvalue weighted by Crippen LogP contribution is -2.46. The summed E-state index contributed by atoms with van der Waals surface area (Å²) in [6.07, 6.45) is 9.57. The van der Waals surface area contributed by atoms with Crippen LogP contribution in [0.15, 0.2) is 6.33 Å². The van der Waals surface area contributed by atoms with Gasteiger partial charge >= 0.3 is 0 Å². The minimum absolute atomic E-state index is 0.465. The second kappa shape index (κ2) is 7.49. The maximum atomic E-state index is 9.42. The molecule has 4 heteroatoms. The van der Waals surface area contributed by atoms with Crippen LogP contribution in [-0.4, -0.2) is 33.4 Å². The Morgan fingerprint density at radius 3 is 1.75 bits per heavy atom. The average molecular weight is 335 g/mol. The zero-order valence-electron chi connectivity index (χ0n) is 16.2. The van der Waals surface area contributed by atoms with Gasteiger partial charge in [0.05, 0.1) is 22.6 Å². The molecule has 2 saturated carbocycles. The molecule has 0 amide bonds. The highest BCUT2D eigenvalue weighted by Gasteiger charge is 2.35. The van der Waals surface area contributed by atoms with E-state index in [2.05, 4.69) is 16.9 Å². The summed E-state index contributed by atoms with van der Waals surface area (Å²) in [4.78, 5) is 9.04. The Hall–Kier alpha value is -1.00. The van der Waals surface area contributed by atoms with E-state index in [0.29, 0.717) is 0 Å². The summed E-state index contributed by atoms with van der Waals surface area (Å²) in [5.74, 6) is 1.54. The van der Waals surface area contributed by atoms with Gasteiger partial charge < -0.3 is 9.84 Å². The number of ether oxygens (including phenoxy) is 1. The molecule has 0 saturated heterocycles. The van der Waals surface area contributed by atoms with Crippen LogP contribution >= 0.6 is 0 Å². The van der Waals surface area contributed by atoms with E-state index in [9.17, 15) is 5.11 Å². The maximum Gasteiger partial charge on any atom is 0.115 e. The van der Waals surface area contributed by atoms with E-state index in [-0.39, 0.29) is 0 Å². The lowest BCUT2D eigenvalue weighted by molar-refractivity contribution is -0.129. The van der Waals surface area contributed by atoms with Gasteiger partial charge in [0.25, 0.3) is 0 Å². The van der Waals surface area contributed by atoms with Crippen molar-refractivity contribution in [2.24, 2.45) is 0 Å². The van der Waals surface area contributed by atoms with Crippen LogP contribution in [0.1, 0.15) is 95.5 Å². The van der Waals surface area contributed by atoms with Crippen molar-refractivity contribution in [2.75, 3.05) is 7.11 Å². The molecule has 2 aliphatic carbocycles. The highest BCUT2D eigenvalue weighted by atomic mass is 16.5. The molecule has 24 heavy (non-hydrogen) atoms. The Morgan fingerprint density at radius 1 is 1.04 bits per heavy atom. The smallest absolute Gasteiger partial charge is 0.115 e. The fraction of sp³-hybridized carbons (Fsp3) is 0.800. The molecule has 3 rings (SSSR count). The highest BCUT2D eigenvalue weighted by Crippen LogP contribution is 2.46. The minimum Gasteiger partial charge on any atom is -0.387 e. The molecular formula is C20H34N2O2. The number of methoxy groups -OCH3 is 1. The Bertz CT molecular complexity index is 511. The third kappa shape index (κ3) is 4.76. The maximum absolute atomic E-state index is 9.42. The molecule has 0 spiro atoms. The summed E-state index contributed by atoms with van der Waals surface area (Å²) >= 11 is 0. The van der Waals surface area contributed by atoms with Gasteiger partial charge in [0.15, 0.2) is 0 Å². The van der Waals surface area contributed by atoms with Crippen molar-refractivity contribution in [3.8, 4) is 0 Å². The standard InChI is InChI=1S/C13H18N2.C7H16O2/c1-2-3-11-12(9-4-5-9)14-8-15-13(11)10-6-7-10;1-6(2,8)7(3,4)9-5/h8-10H,2-7H2,1H3;8H,1-5H3. The normalized spacial score (nSPS) is 18.1. The molecule has 0 aliphatic heterocycles. The summed E-state index contributed by atoms with van der Waals surface area (Å²) in [7, 11) is 1.60. The summed E-state index contributed by atoms with van der Waals surface area (Å²) in [6, 6.07) is 0. The third-order valence-corrected chi connectivity index (χ3v) is 5.42. The van der Waals surface area contributed by atoms with Gasteiger partial charge in [-0.1, -0.05) is 13.3 Å². The SMILES string of the molecule is CCCc1c(C2CC2)ncnc1C1CC1.COC(C)(C)C(C)(C)O. The minimum atomic E-state index is -0.776. The number of aliphatic hydroxyl groups is 1. The molecule has 0 unspecified atom stereocenters. The van der Waals surface area contributed by atoms with Crippen LogP contribution in [0.25, 0.3) is 0 Å². The molecule has 1 heterocycles. The van der Waals surface area contributed by atoms with Gasteiger partial charge in [-0.25, -0.2) is 9.97 Å². The van der Waals surface area contributed by atoms with E-state index in [1.165, 1.54) is 55.5 Å². The van der Waals surface area contributed by atoms with Gasteiger partial charge in [-0.2, -0.15) is 0 Å². The number of hydrogen-bond donors (Lipinski definition) is 1. The zero-order valence-corrected chi connectivity index (χ0v) is 16.2. The number of hydrogen-bond acceptors (Lipinski definition) is 4. The number of nitrogens with zero attached hydrogens (tertiary/aromatic N) is 2. The van der Waals surface area contributed by atoms with Gasteiger partial charge in [0, 0.05) is 18.9 Å². The Kier molecular flexibility index (Phi) is 6.03. The van der Waals surface area contributed by atoms with Gasteiger partial charge in [-0.15, -0.1) is 0 Å². The number of rotatable bonds is 6. The van der Waals surface area contributed by atoms with Crippen molar-refractivity contribution >= 4 is 0 Å². The highest BCUT2D eigenvalue weighted by molar-refractivity contribution is 5.34. The van der Waals surface area contributed by atoms with E-state index in [4.69, 9.17) is 4.74 Å². The van der Waals surface area contributed by atoms with Crippen molar-refractivity contribution in [2.45, 2.75) is 96.2 Å². The molecule has 136 valence electrons. The van der Waals surface area contributed by atoms with Crippen LogP contribution in [-0.2, 0) is 11.2 Å². The van der Waals surface area contributed by atoms with Crippen LogP contribution < -0.4 is 0 Å². The van der Waals surface area contributed by atoms with E-state index in [0.717, 1.165) is 11.8 Å². The molecule has 1 N–H and O–H groups in total. The molecule has 0 radical (unpaired) electrons. The van der Waals surface area contributed by atoms with Crippen molar-refractivity contribution < 1.29 is 9.84 Å². The zero-order chi connectivity index (χ0) is 18.0. The number of aromatic nitrogens is 2. The summed E-state index contributed by atoms with van der Waals surface area (Å²) < 4.78 is 5.05. The van der Waals surface area contributed by atoms with Crippen LogP contribution in [0, 0.1) is 0 Å². The molecular weight excluding hydrogens is 300 g/mol. The largest absolute Gasteiger partial charge is 0.387 e. The molecule has 0 aromatic carbocycles. The molecule has 2 aliphatic rings. The predicted molar refractivity (Wildman–Crippen MR) is 97.4 cm³/mol. The van der Waals surface area contributed by atoms with Crippen LogP contribution in [0.3, 0.4) is 0 Å².